The standard InChI is InChI=1S/C11H16O2/c1-7-2-3-8(6-12)11-9(7)4-5-10(11)13/h6,8,10-11,13H,2-5H2,1H3. The van der Waals surface area contributed by atoms with Gasteiger partial charge >= 0.3 is 0 Å². The Morgan fingerprint density at radius 2 is 2.15 bits per heavy atom. The Kier molecular flexibility index (Phi) is 2.24. The van der Waals surface area contributed by atoms with Crippen LogP contribution in [0.3, 0.4) is 0 Å². The predicted octanol–water partition coefficient (Wildman–Crippen LogP) is 1.68. The first-order chi connectivity index (χ1) is 6.24. The van der Waals surface area contributed by atoms with Crippen LogP contribution in [0.2, 0.25) is 0 Å². The van der Waals surface area contributed by atoms with Gasteiger partial charge < -0.3 is 9.90 Å². The maximum absolute atomic E-state index is 10.8. The van der Waals surface area contributed by atoms with Crippen LogP contribution in [0.15, 0.2) is 11.1 Å². The first kappa shape index (κ1) is 8.95. The second-order valence-electron chi connectivity index (χ2n) is 4.28. The number of allylic oxidation sites excluding steroid dienone is 1. The van der Waals surface area contributed by atoms with E-state index in [4.69, 9.17) is 0 Å². The van der Waals surface area contributed by atoms with Crippen LogP contribution in [0.1, 0.15) is 32.6 Å². The number of aldehydes is 1. The van der Waals surface area contributed by atoms with Crippen molar-refractivity contribution >= 4 is 6.29 Å². The first-order valence-electron chi connectivity index (χ1n) is 5.06. The molecule has 1 saturated carbocycles. The van der Waals surface area contributed by atoms with Crippen LogP contribution in [-0.2, 0) is 4.79 Å². The van der Waals surface area contributed by atoms with Crippen molar-refractivity contribution in [2.45, 2.75) is 38.7 Å². The third-order valence-electron chi connectivity index (χ3n) is 3.56. The Morgan fingerprint density at radius 1 is 1.38 bits per heavy atom. The number of hydrogen-bond acceptors (Lipinski definition) is 2. The van der Waals surface area contributed by atoms with Crippen molar-refractivity contribution in [2.24, 2.45) is 11.8 Å². The quantitative estimate of drug-likeness (QED) is 0.492. The van der Waals surface area contributed by atoms with Crippen LogP contribution in [0.5, 0.6) is 0 Å². The Balaban J connectivity index is 2.31. The predicted molar refractivity (Wildman–Crippen MR) is 50.2 cm³/mol. The zero-order valence-corrected chi connectivity index (χ0v) is 7.99. The first-order valence-corrected chi connectivity index (χ1v) is 5.06. The number of carbonyl (C=O) groups excluding carboxylic acids is 1. The van der Waals surface area contributed by atoms with Gasteiger partial charge in [-0.05, 0) is 32.6 Å². The van der Waals surface area contributed by atoms with Gasteiger partial charge in [0.2, 0.25) is 0 Å². The summed E-state index contributed by atoms with van der Waals surface area (Å²) in [7, 11) is 0. The Morgan fingerprint density at radius 3 is 2.85 bits per heavy atom. The van der Waals surface area contributed by atoms with Crippen molar-refractivity contribution in [3.63, 3.8) is 0 Å². The molecule has 0 aromatic rings. The molecule has 0 spiro atoms. The van der Waals surface area contributed by atoms with Gasteiger partial charge in [0.1, 0.15) is 6.29 Å². The number of aliphatic hydroxyl groups is 1. The zero-order chi connectivity index (χ0) is 9.42. The molecule has 1 N–H and O–H groups in total. The molecular formula is C11H16O2. The van der Waals surface area contributed by atoms with Crippen LogP contribution in [-0.4, -0.2) is 17.5 Å². The molecule has 0 aliphatic heterocycles. The van der Waals surface area contributed by atoms with E-state index in [1.165, 1.54) is 11.1 Å². The second kappa shape index (κ2) is 3.26. The van der Waals surface area contributed by atoms with E-state index in [0.29, 0.717) is 0 Å². The van der Waals surface area contributed by atoms with E-state index in [0.717, 1.165) is 32.0 Å². The molecule has 2 aliphatic carbocycles. The average molecular weight is 180 g/mol. The summed E-state index contributed by atoms with van der Waals surface area (Å²) >= 11 is 0. The van der Waals surface area contributed by atoms with Gasteiger partial charge in [0.05, 0.1) is 6.10 Å². The molecule has 3 atom stereocenters. The highest BCUT2D eigenvalue weighted by Crippen LogP contribution is 2.44. The summed E-state index contributed by atoms with van der Waals surface area (Å²) in [6.45, 7) is 2.14. The van der Waals surface area contributed by atoms with Crippen molar-refractivity contribution in [2.75, 3.05) is 0 Å². The average Bonchev–Trinajstić information content (AvgIpc) is 2.51. The third-order valence-corrected chi connectivity index (χ3v) is 3.56. The number of fused-ring (bicyclic) bond motifs is 1. The molecular weight excluding hydrogens is 164 g/mol. The molecule has 72 valence electrons. The molecule has 0 heterocycles. The van der Waals surface area contributed by atoms with Crippen molar-refractivity contribution in [3.8, 4) is 0 Å². The number of hydrogen-bond donors (Lipinski definition) is 1. The van der Waals surface area contributed by atoms with E-state index in [1.807, 2.05) is 0 Å². The number of carbonyl (C=O) groups is 1. The van der Waals surface area contributed by atoms with Gasteiger partial charge in [0.15, 0.2) is 0 Å². The Hall–Kier alpha value is -0.630. The Labute approximate surface area is 78.6 Å². The molecule has 0 aromatic heterocycles. The van der Waals surface area contributed by atoms with E-state index in [9.17, 15) is 9.90 Å². The van der Waals surface area contributed by atoms with E-state index in [-0.39, 0.29) is 17.9 Å². The van der Waals surface area contributed by atoms with Crippen LogP contribution in [0.4, 0.5) is 0 Å². The van der Waals surface area contributed by atoms with Gasteiger partial charge in [0.25, 0.3) is 0 Å². The summed E-state index contributed by atoms with van der Waals surface area (Å²) < 4.78 is 0. The fourth-order valence-corrected chi connectivity index (χ4v) is 2.80. The van der Waals surface area contributed by atoms with Crippen molar-refractivity contribution in [1.82, 2.24) is 0 Å². The maximum atomic E-state index is 10.8. The molecule has 0 saturated heterocycles. The summed E-state index contributed by atoms with van der Waals surface area (Å²) in [5.41, 5.74) is 2.79. The summed E-state index contributed by atoms with van der Waals surface area (Å²) in [5, 5.41) is 9.75. The minimum atomic E-state index is -0.263. The molecule has 2 heteroatoms. The molecule has 2 nitrogen and oxygen atoms in total. The van der Waals surface area contributed by atoms with Crippen LogP contribution >= 0.6 is 0 Å². The molecule has 0 radical (unpaired) electrons. The van der Waals surface area contributed by atoms with Gasteiger partial charge in [0, 0.05) is 11.8 Å². The highest BCUT2D eigenvalue weighted by atomic mass is 16.3. The van der Waals surface area contributed by atoms with Crippen molar-refractivity contribution in [1.29, 1.82) is 0 Å². The van der Waals surface area contributed by atoms with Crippen LogP contribution in [0.25, 0.3) is 0 Å². The molecule has 0 amide bonds. The molecule has 2 aliphatic rings. The minimum absolute atomic E-state index is 0.0798. The summed E-state index contributed by atoms with van der Waals surface area (Å²) in [4.78, 5) is 10.8. The second-order valence-corrected chi connectivity index (χ2v) is 4.28. The fraction of sp³-hybridized carbons (Fsp3) is 0.727. The summed E-state index contributed by atoms with van der Waals surface area (Å²) in [6.07, 6.45) is 4.60. The number of rotatable bonds is 1. The topological polar surface area (TPSA) is 37.3 Å². The highest BCUT2D eigenvalue weighted by Gasteiger charge is 2.39. The smallest absolute Gasteiger partial charge is 0.123 e. The third kappa shape index (κ3) is 1.33. The molecule has 13 heavy (non-hydrogen) atoms. The monoisotopic (exact) mass is 180 g/mol. The van der Waals surface area contributed by atoms with Gasteiger partial charge in [-0.3, -0.25) is 0 Å². The highest BCUT2D eigenvalue weighted by molar-refractivity contribution is 5.57. The van der Waals surface area contributed by atoms with Crippen LogP contribution < -0.4 is 0 Å². The fourth-order valence-electron chi connectivity index (χ4n) is 2.80. The van der Waals surface area contributed by atoms with Gasteiger partial charge in [-0.15, -0.1) is 0 Å². The summed E-state index contributed by atoms with van der Waals surface area (Å²) in [5.74, 6) is 0.238. The lowest BCUT2D eigenvalue weighted by atomic mass is 9.77. The SMILES string of the molecule is CC1=C2CCC(O)C2C(C=O)CC1. The van der Waals surface area contributed by atoms with E-state index >= 15 is 0 Å². The van der Waals surface area contributed by atoms with Crippen molar-refractivity contribution < 1.29 is 9.90 Å². The Bertz CT molecular complexity index is 255. The normalized spacial score (nSPS) is 39.1. The lowest BCUT2D eigenvalue weighted by Gasteiger charge is -2.29. The molecule has 0 bridgehead atoms. The zero-order valence-electron chi connectivity index (χ0n) is 7.99. The maximum Gasteiger partial charge on any atom is 0.123 e. The van der Waals surface area contributed by atoms with Crippen LogP contribution in [0, 0.1) is 11.8 Å². The van der Waals surface area contributed by atoms with E-state index in [2.05, 4.69) is 6.92 Å². The van der Waals surface area contributed by atoms with Gasteiger partial charge in [-0.2, -0.15) is 0 Å². The molecule has 0 aromatic carbocycles. The minimum Gasteiger partial charge on any atom is -0.392 e. The lowest BCUT2D eigenvalue weighted by molar-refractivity contribution is -0.113. The van der Waals surface area contributed by atoms with E-state index in [1.54, 1.807) is 0 Å². The summed E-state index contributed by atoms with van der Waals surface area (Å²) in [6, 6.07) is 0. The van der Waals surface area contributed by atoms with Crippen molar-refractivity contribution in [3.05, 3.63) is 11.1 Å². The lowest BCUT2D eigenvalue weighted by Crippen LogP contribution is -2.28. The number of aliphatic hydroxyl groups excluding tert-OH is 1. The molecule has 2 rings (SSSR count). The van der Waals surface area contributed by atoms with E-state index < -0.39 is 0 Å². The largest absolute Gasteiger partial charge is 0.392 e. The van der Waals surface area contributed by atoms with Gasteiger partial charge in [-0.25, -0.2) is 0 Å². The molecule has 3 unspecified atom stereocenters. The molecule has 1 fully saturated rings. The van der Waals surface area contributed by atoms with Gasteiger partial charge in [-0.1, -0.05) is 11.1 Å².